The summed E-state index contributed by atoms with van der Waals surface area (Å²) in [6.45, 7) is 4.06. The molecule has 4 rings (SSSR count). The molecule has 0 unspecified atom stereocenters. The molecule has 8 heteroatoms. The molecule has 1 spiro atoms. The van der Waals surface area contributed by atoms with Crippen molar-refractivity contribution in [1.82, 2.24) is 14.6 Å². The minimum Gasteiger partial charge on any atom is -0.377 e. The Morgan fingerprint density at radius 2 is 2.26 bits per heavy atom. The van der Waals surface area contributed by atoms with E-state index in [1.807, 2.05) is 6.20 Å². The van der Waals surface area contributed by atoms with Crippen molar-refractivity contribution in [2.24, 2.45) is 0 Å². The molecule has 1 aromatic heterocycles. The summed E-state index contributed by atoms with van der Waals surface area (Å²) >= 11 is 0. The number of hydrogen-bond acceptors (Lipinski definition) is 5. The first-order chi connectivity index (χ1) is 12.9. The summed E-state index contributed by atoms with van der Waals surface area (Å²) in [4.78, 5) is 5.66. The number of H-pyrrole nitrogens is 1. The van der Waals surface area contributed by atoms with Gasteiger partial charge in [0, 0.05) is 43.3 Å². The molecule has 0 aliphatic carbocycles. The van der Waals surface area contributed by atoms with E-state index in [-0.39, 0.29) is 11.7 Å². The van der Waals surface area contributed by atoms with Crippen LogP contribution in [0.3, 0.4) is 0 Å². The van der Waals surface area contributed by atoms with Crippen LogP contribution in [0.1, 0.15) is 18.4 Å². The van der Waals surface area contributed by atoms with Crippen LogP contribution in [0, 0.1) is 0 Å². The highest BCUT2D eigenvalue weighted by atomic mass is 32.2. The van der Waals surface area contributed by atoms with Gasteiger partial charge >= 0.3 is 0 Å². The van der Waals surface area contributed by atoms with Crippen LogP contribution in [0.2, 0.25) is 0 Å². The third-order valence-electron chi connectivity index (χ3n) is 5.42. The lowest BCUT2D eigenvalue weighted by atomic mass is 9.99. The van der Waals surface area contributed by atoms with Gasteiger partial charge in [0.2, 0.25) is 10.0 Å². The summed E-state index contributed by atoms with van der Waals surface area (Å²) in [6, 6.07) is 8.46. The molecule has 148 valence electrons. The van der Waals surface area contributed by atoms with Gasteiger partial charge in [0.25, 0.3) is 0 Å². The smallest absolute Gasteiger partial charge is 0.208 e. The highest BCUT2D eigenvalue weighted by Gasteiger charge is 2.43. The van der Waals surface area contributed by atoms with Crippen molar-refractivity contribution in [3.05, 3.63) is 36.0 Å². The number of fused-ring (bicyclic) bond motifs is 1. The Bertz CT molecular complexity index is 897. The maximum absolute atomic E-state index is 11.3. The van der Waals surface area contributed by atoms with Crippen LogP contribution >= 0.6 is 0 Å². The molecule has 2 fully saturated rings. The minimum absolute atomic E-state index is 0.101. The fraction of sp³-hybridized carbons (Fsp3) is 0.579. The van der Waals surface area contributed by atoms with Gasteiger partial charge in [-0.15, -0.1) is 0 Å². The highest BCUT2D eigenvalue weighted by Crippen LogP contribution is 2.33. The largest absolute Gasteiger partial charge is 0.377 e. The van der Waals surface area contributed by atoms with E-state index in [4.69, 9.17) is 9.47 Å². The fourth-order valence-electron chi connectivity index (χ4n) is 4.15. The first-order valence-electron chi connectivity index (χ1n) is 9.40. The van der Waals surface area contributed by atoms with E-state index >= 15 is 0 Å². The van der Waals surface area contributed by atoms with Gasteiger partial charge in [0.05, 0.1) is 25.6 Å². The van der Waals surface area contributed by atoms with E-state index in [1.165, 1.54) is 17.2 Å². The van der Waals surface area contributed by atoms with Crippen LogP contribution in [0.4, 0.5) is 0 Å². The third kappa shape index (κ3) is 4.52. The van der Waals surface area contributed by atoms with Gasteiger partial charge in [0.1, 0.15) is 5.60 Å². The summed E-state index contributed by atoms with van der Waals surface area (Å²) in [5.74, 6) is 0. The van der Waals surface area contributed by atoms with Crippen molar-refractivity contribution in [2.45, 2.75) is 31.1 Å². The van der Waals surface area contributed by atoms with Gasteiger partial charge in [-0.25, -0.2) is 13.1 Å². The molecule has 7 nitrogen and oxygen atoms in total. The molecule has 2 aromatic rings. The Balaban J connectivity index is 1.44. The van der Waals surface area contributed by atoms with E-state index in [0.29, 0.717) is 19.8 Å². The molecule has 2 N–H and O–H groups in total. The Labute approximate surface area is 160 Å². The van der Waals surface area contributed by atoms with Gasteiger partial charge in [-0.2, -0.15) is 0 Å². The number of sulfonamides is 1. The third-order valence-corrected chi connectivity index (χ3v) is 6.11. The zero-order valence-electron chi connectivity index (χ0n) is 15.6. The topological polar surface area (TPSA) is 83.7 Å². The number of nitrogens with zero attached hydrogens (tertiary/aromatic N) is 1. The van der Waals surface area contributed by atoms with Gasteiger partial charge < -0.3 is 14.5 Å². The summed E-state index contributed by atoms with van der Waals surface area (Å²) < 4.78 is 37.4. The quantitative estimate of drug-likeness (QED) is 0.804. The monoisotopic (exact) mass is 393 g/mol. The predicted octanol–water partition coefficient (Wildman–Crippen LogP) is 1.47. The second-order valence-corrected chi connectivity index (χ2v) is 9.53. The van der Waals surface area contributed by atoms with Crippen LogP contribution in [-0.2, 0) is 26.0 Å². The Hall–Kier alpha value is -1.45. The van der Waals surface area contributed by atoms with E-state index in [1.54, 1.807) is 0 Å². The maximum Gasteiger partial charge on any atom is 0.208 e. The summed E-state index contributed by atoms with van der Waals surface area (Å²) in [5, 5.41) is 1.25. The lowest BCUT2D eigenvalue weighted by Crippen LogP contribution is -2.45. The van der Waals surface area contributed by atoms with Crippen molar-refractivity contribution < 1.29 is 17.9 Å². The Morgan fingerprint density at radius 3 is 3.11 bits per heavy atom. The average Bonchev–Trinajstić information content (AvgIpc) is 3.19. The molecule has 2 aliphatic rings. The van der Waals surface area contributed by atoms with Crippen LogP contribution < -0.4 is 4.72 Å². The first kappa shape index (κ1) is 18.9. The molecule has 0 bridgehead atoms. The van der Waals surface area contributed by atoms with Crippen molar-refractivity contribution in [3.8, 4) is 0 Å². The second-order valence-electron chi connectivity index (χ2n) is 7.70. The molecule has 3 heterocycles. The highest BCUT2D eigenvalue weighted by molar-refractivity contribution is 7.88. The zero-order chi connectivity index (χ0) is 18.9. The predicted molar refractivity (Wildman–Crippen MR) is 104 cm³/mol. The molecule has 0 saturated carbocycles. The van der Waals surface area contributed by atoms with Crippen molar-refractivity contribution in [3.63, 3.8) is 0 Å². The molecular weight excluding hydrogens is 366 g/mol. The molecule has 0 amide bonds. The molecule has 0 radical (unpaired) electrons. The van der Waals surface area contributed by atoms with Crippen LogP contribution in [0.25, 0.3) is 10.9 Å². The summed E-state index contributed by atoms with van der Waals surface area (Å²) in [7, 11) is -3.20. The molecule has 27 heavy (non-hydrogen) atoms. The molecule has 2 aliphatic heterocycles. The number of ether oxygens (including phenoxy) is 2. The molecule has 2 atom stereocenters. The number of nitrogens with one attached hydrogen (secondary N) is 2. The Kier molecular flexibility index (Phi) is 5.26. The van der Waals surface area contributed by atoms with Crippen LogP contribution in [0.5, 0.6) is 0 Å². The number of aromatic nitrogens is 1. The number of rotatable bonds is 5. The lowest BCUT2D eigenvalue weighted by molar-refractivity contribution is -0.0843. The van der Waals surface area contributed by atoms with Gasteiger partial charge in [-0.1, -0.05) is 12.1 Å². The van der Waals surface area contributed by atoms with Crippen LogP contribution in [-0.4, -0.2) is 69.1 Å². The van der Waals surface area contributed by atoms with E-state index in [9.17, 15) is 8.42 Å². The Morgan fingerprint density at radius 1 is 1.37 bits per heavy atom. The number of benzene rings is 1. The number of hydrogen-bond donors (Lipinski definition) is 2. The lowest BCUT2D eigenvalue weighted by Gasteiger charge is -2.32. The van der Waals surface area contributed by atoms with Crippen molar-refractivity contribution >= 4 is 20.9 Å². The average molecular weight is 394 g/mol. The fourth-order valence-corrected chi connectivity index (χ4v) is 4.64. The first-order valence-corrected chi connectivity index (χ1v) is 11.3. The summed E-state index contributed by atoms with van der Waals surface area (Å²) in [6.07, 6.45) is 4.77. The maximum atomic E-state index is 11.3. The molecular formula is C19H27N3O4S. The van der Waals surface area contributed by atoms with Crippen LogP contribution in [0.15, 0.2) is 30.5 Å². The SMILES string of the molecule is CS(=O)(=O)NC[C@@H]1CC[C@]2(COCCN(Cc3cccc4[nH]ccc34)C2)O1. The normalized spacial score (nSPS) is 27.4. The molecule has 1 aromatic carbocycles. The second kappa shape index (κ2) is 7.52. The van der Waals surface area contributed by atoms with Crippen molar-refractivity contribution in [2.75, 3.05) is 39.1 Å². The minimum atomic E-state index is -3.20. The van der Waals surface area contributed by atoms with E-state index < -0.39 is 10.0 Å². The standard InChI is InChI=1S/C19H27N3O4S/c1-27(23,24)21-11-16-5-7-19(26-16)13-22(9-10-25-14-19)12-15-3-2-4-18-17(15)6-8-20-18/h2-4,6,8,16,20-21H,5,7,9-14H2,1H3/t16-,19-/m0/s1. The van der Waals surface area contributed by atoms with Crippen molar-refractivity contribution in [1.29, 1.82) is 0 Å². The van der Waals surface area contributed by atoms with Gasteiger partial charge in [-0.05, 0) is 30.5 Å². The molecule has 2 saturated heterocycles. The van der Waals surface area contributed by atoms with E-state index in [2.05, 4.69) is 38.9 Å². The summed E-state index contributed by atoms with van der Waals surface area (Å²) in [5.41, 5.74) is 2.09. The van der Waals surface area contributed by atoms with E-state index in [0.717, 1.165) is 38.0 Å². The van der Waals surface area contributed by atoms with Gasteiger partial charge in [0.15, 0.2) is 0 Å². The number of aromatic amines is 1. The zero-order valence-corrected chi connectivity index (χ0v) is 16.4. The van der Waals surface area contributed by atoms with Gasteiger partial charge in [-0.3, -0.25) is 4.90 Å².